The third-order valence-electron chi connectivity index (χ3n) is 2.42. The number of rotatable bonds is 0. The number of hydrogen-bond acceptors (Lipinski definition) is 4. The van der Waals surface area contributed by atoms with Gasteiger partial charge in [0.25, 0.3) is 0 Å². The van der Waals surface area contributed by atoms with Crippen LogP contribution in [0.15, 0.2) is 42.6 Å². The number of aromatic nitrogens is 2. The van der Waals surface area contributed by atoms with Crippen molar-refractivity contribution < 1.29 is 4.74 Å². The molecule has 94 valence electrons. The summed E-state index contributed by atoms with van der Waals surface area (Å²) in [5.74, 6) is 1.47. The van der Waals surface area contributed by atoms with Crippen LogP contribution >= 0.6 is 11.6 Å². The number of fused-ring (bicyclic) bond motifs is 1. The van der Waals surface area contributed by atoms with Gasteiger partial charge in [0.1, 0.15) is 6.61 Å². The standard InChI is InChI=1S/C7H8ClN3O.C6H6/c1-11-2-3-12-5-4-9-7(8)10-6(5)11;1-2-4-6-5-3-1/h4H,2-3H2,1H3;1-6H. The first-order chi connectivity index (χ1) is 8.77. The zero-order valence-corrected chi connectivity index (χ0v) is 10.8. The van der Waals surface area contributed by atoms with Crippen molar-refractivity contribution in [1.29, 1.82) is 0 Å². The second kappa shape index (κ2) is 6.21. The molecule has 0 N–H and O–H groups in total. The molecule has 2 aromatic rings. The van der Waals surface area contributed by atoms with Gasteiger partial charge in [0, 0.05) is 7.05 Å². The summed E-state index contributed by atoms with van der Waals surface area (Å²) in [6.45, 7) is 1.51. The van der Waals surface area contributed by atoms with Crippen molar-refractivity contribution >= 4 is 17.4 Å². The van der Waals surface area contributed by atoms with Crippen molar-refractivity contribution in [2.75, 3.05) is 25.1 Å². The Hall–Kier alpha value is -1.81. The van der Waals surface area contributed by atoms with Crippen LogP contribution < -0.4 is 9.64 Å². The summed E-state index contributed by atoms with van der Waals surface area (Å²) in [5, 5.41) is 0.256. The van der Waals surface area contributed by atoms with Gasteiger partial charge in [0.15, 0.2) is 11.6 Å². The Kier molecular flexibility index (Phi) is 4.36. The van der Waals surface area contributed by atoms with Gasteiger partial charge in [0.05, 0.1) is 12.7 Å². The SMILES string of the molecule is CN1CCOc2cnc(Cl)nc21.c1ccccc1. The quantitative estimate of drug-likeness (QED) is 0.685. The van der Waals surface area contributed by atoms with Crippen LogP contribution in [0.3, 0.4) is 0 Å². The van der Waals surface area contributed by atoms with Crippen molar-refractivity contribution in [3.05, 3.63) is 47.9 Å². The first-order valence-electron chi connectivity index (χ1n) is 5.64. The largest absolute Gasteiger partial charge is 0.486 e. The highest BCUT2D eigenvalue weighted by Crippen LogP contribution is 2.27. The summed E-state index contributed by atoms with van der Waals surface area (Å²) >= 11 is 5.64. The first-order valence-corrected chi connectivity index (χ1v) is 6.01. The van der Waals surface area contributed by atoms with E-state index in [0.717, 1.165) is 12.4 Å². The Morgan fingerprint density at radius 1 is 1.17 bits per heavy atom. The van der Waals surface area contributed by atoms with Gasteiger partial charge in [0.2, 0.25) is 5.28 Å². The third kappa shape index (κ3) is 3.34. The van der Waals surface area contributed by atoms with Crippen molar-refractivity contribution in [3.8, 4) is 5.75 Å². The number of benzene rings is 1. The minimum Gasteiger partial charge on any atom is -0.486 e. The Balaban J connectivity index is 0.000000169. The zero-order valence-electron chi connectivity index (χ0n) is 10.1. The van der Waals surface area contributed by atoms with Crippen LogP contribution in [0.25, 0.3) is 0 Å². The van der Waals surface area contributed by atoms with Crippen LogP contribution in [0.5, 0.6) is 5.75 Å². The lowest BCUT2D eigenvalue weighted by Crippen LogP contribution is -2.29. The molecule has 0 amide bonds. The fourth-order valence-electron chi connectivity index (χ4n) is 1.50. The second-order valence-corrected chi connectivity index (χ2v) is 4.09. The summed E-state index contributed by atoms with van der Waals surface area (Å²) in [6.07, 6.45) is 1.60. The maximum Gasteiger partial charge on any atom is 0.224 e. The minimum atomic E-state index is 0.256. The summed E-state index contributed by atoms with van der Waals surface area (Å²) < 4.78 is 5.32. The molecule has 2 heterocycles. The van der Waals surface area contributed by atoms with Gasteiger partial charge in [-0.05, 0) is 11.6 Å². The van der Waals surface area contributed by atoms with Crippen molar-refractivity contribution in [3.63, 3.8) is 0 Å². The summed E-state index contributed by atoms with van der Waals surface area (Å²) in [7, 11) is 1.95. The number of nitrogens with zero attached hydrogens (tertiary/aromatic N) is 3. The number of halogens is 1. The molecule has 3 rings (SSSR count). The van der Waals surface area contributed by atoms with E-state index in [1.54, 1.807) is 6.20 Å². The number of likely N-dealkylation sites (N-methyl/N-ethyl adjacent to an activating group) is 1. The van der Waals surface area contributed by atoms with Gasteiger partial charge in [-0.3, -0.25) is 0 Å². The lowest BCUT2D eigenvalue weighted by molar-refractivity contribution is 0.307. The molecule has 0 fully saturated rings. The molecular formula is C13H14ClN3O. The van der Waals surface area contributed by atoms with Gasteiger partial charge in [-0.1, -0.05) is 36.4 Å². The van der Waals surface area contributed by atoms with Gasteiger partial charge in [-0.2, -0.15) is 4.98 Å². The minimum absolute atomic E-state index is 0.256. The number of anilines is 1. The van der Waals surface area contributed by atoms with Crippen molar-refractivity contribution in [1.82, 2.24) is 9.97 Å². The van der Waals surface area contributed by atoms with Crippen molar-refractivity contribution in [2.45, 2.75) is 0 Å². The fourth-order valence-corrected chi connectivity index (χ4v) is 1.63. The van der Waals surface area contributed by atoms with Crippen LogP contribution in [0.4, 0.5) is 5.82 Å². The summed E-state index contributed by atoms with van der Waals surface area (Å²) in [4.78, 5) is 9.87. The number of ether oxygens (including phenoxy) is 1. The van der Waals surface area contributed by atoms with Crippen LogP contribution in [0.2, 0.25) is 5.28 Å². The highest BCUT2D eigenvalue weighted by Gasteiger charge is 2.16. The average molecular weight is 264 g/mol. The molecule has 18 heavy (non-hydrogen) atoms. The molecule has 1 aromatic heterocycles. The lowest BCUT2D eigenvalue weighted by atomic mass is 10.4. The molecule has 0 unspecified atom stereocenters. The highest BCUT2D eigenvalue weighted by atomic mass is 35.5. The highest BCUT2D eigenvalue weighted by molar-refractivity contribution is 6.28. The Labute approximate surface area is 111 Å². The molecule has 1 aliphatic rings. The van der Waals surface area contributed by atoms with E-state index in [2.05, 4.69) is 9.97 Å². The molecule has 0 radical (unpaired) electrons. The molecule has 0 atom stereocenters. The smallest absolute Gasteiger partial charge is 0.224 e. The molecule has 0 saturated carbocycles. The summed E-state index contributed by atoms with van der Waals surface area (Å²) in [5.41, 5.74) is 0. The third-order valence-corrected chi connectivity index (χ3v) is 2.60. The normalized spacial score (nSPS) is 12.9. The Morgan fingerprint density at radius 2 is 1.78 bits per heavy atom. The molecule has 0 saturated heterocycles. The maximum atomic E-state index is 5.64. The molecule has 1 aliphatic heterocycles. The van der Waals surface area contributed by atoms with E-state index in [-0.39, 0.29) is 5.28 Å². The predicted octanol–water partition coefficient (Wildman–Crippen LogP) is 2.65. The second-order valence-electron chi connectivity index (χ2n) is 3.75. The summed E-state index contributed by atoms with van der Waals surface area (Å²) in [6, 6.07) is 12.0. The van der Waals surface area contributed by atoms with Crippen LogP contribution in [-0.2, 0) is 0 Å². The monoisotopic (exact) mass is 263 g/mol. The zero-order chi connectivity index (χ0) is 12.8. The van der Waals surface area contributed by atoms with E-state index in [4.69, 9.17) is 16.3 Å². The topological polar surface area (TPSA) is 38.2 Å². The van der Waals surface area contributed by atoms with E-state index < -0.39 is 0 Å². The Bertz CT molecular complexity index is 466. The molecule has 0 spiro atoms. The molecule has 1 aromatic carbocycles. The average Bonchev–Trinajstić information content (AvgIpc) is 2.43. The van der Waals surface area contributed by atoms with E-state index in [9.17, 15) is 0 Å². The van der Waals surface area contributed by atoms with Gasteiger partial charge >= 0.3 is 0 Å². The molecule has 0 bridgehead atoms. The fraction of sp³-hybridized carbons (Fsp3) is 0.231. The predicted molar refractivity (Wildman–Crippen MR) is 72.2 cm³/mol. The van der Waals surface area contributed by atoms with Crippen LogP contribution in [-0.4, -0.2) is 30.2 Å². The van der Waals surface area contributed by atoms with E-state index in [1.807, 2.05) is 48.3 Å². The first kappa shape index (κ1) is 12.6. The number of hydrogen-bond donors (Lipinski definition) is 0. The molecule has 0 aliphatic carbocycles. The van der Waals surface area contributed by atoms with Crippen LogP contribution in [0, 0.1) is 0 Å². The van der Waals surface area contributed by atoms with Gasteiger partial charge in [-0.15, -0.1) is 0 Å². The van der Waals surface area contributed by atoms with E-state index in [1.165, 1.54) is 0 Å². The van der Waals surface area contributed by atoms with Gasteiger partial charge < -0.3 is 9.64 Å². The molecule has 5 heteroatoms. The maximum absolute atomic E-state index is 5.64. The lowest BCUT2D eigenvalue weighted by Gasteiger charge is -2.25. The van der Waals surface area contributed by atoms with E-state index >= 15 is 0 Å². The Morgan fingerprint density at radius 3 is 2.39 bits per heavy atom. The van der Waals surface area contributed by atoms with E-state index in [0.29, 0.717) is 12.4 Å². The van der Waals surface area contributed by atoms with Gasteiger partial charge in [-0.25, -0.2) is 4.98 Å². The molecular weight excluding hydrogens is 250 g/mol. The molecule has 4 nitrogen and oxygen atoms in total. The van der Waals surface area contributed by atoms with Crippen LogP contribution in [0.1, 0.15) is 0 Å². The van der Waals surface area contributed by atoms with Crippen molar-refractivity contribution in [2.24, 2.45) is 0 Å².